The van der Waals surface area contributed by atoms with Gasteiger partial charge in [0.15, 0.2) is 5.69 Å². The third-order valence-electron chi connectivity index (χ3n) is 5.88. The van der Waals surface area contributed by atoms with Crippen molar-refractivity contribution in [1.29, 1.82) is 0 Å². The van der Waals surface area contributed by atoms with Crippen LogP contribution in [0.5, 0.6) is 0 Å². The molecule has 2 heterocycles. The first kappa shape index (κ1) is 21.8. The minimum Gasteiger partial charge on any atom is -0.335 e. The van der Waals surface area contributed by atoms with Crippen LogP contribution < -0.4 is 5.32 Å². The number of para-hydroxylation sites is 2. The van der Waals surface area contributed by atoms with Gasteiger partial charge in [-0.2, -0.15) is 5.10 Å². The van der Waals surface area contributed by atoms with E-state index in [-0.39, 0.29) is 11.8 Å². The molecule has 2 aromatic carbocycles. The molecule has 1 N–H and O–H groups in total. The summed E-state index contributed by atoms with van der Waals surface area (Å²) < 4.78 is 1.79. The monoisotopic (exact) mass is 431 g/mol. The van der Waals surface area contributed by atoms with Crippen LogP contribution in [0.15, 0.2) is 54.6 Å². The standard InChI is InChI=1S/C25H29N5O2/c1-18-8-7-9-19(2)24(18)26-23(31)17-28-12-14-29(15-13-28)25(32)22-16-20(3)30(27-22)21-10-5-4-6-11-21/h4-11,16H,12-15,17H2,1-3H3,(H,26,31). The van der Waals surface area contributed by atoms with Gasteiger partial charge in [0.25, 0.3) is 5.91 Å². The van der Waals surface area contributed by atoms with Crippen molar-refractivity contribution >= 4 is 17.5 Å². The van der Waals surface area contributed by atoms with Gasteiger partial charge in [-0.1, -0.05) is 36.4 Å². The molecule has 0 aliphatic carbocycles. The third kappa shape index (κ3) is 4.73. The summed E-state index contributed by atoms with van der Waals surface area (Å²) in [6, 6.07) is 17.6. The normalized spacial score (nSPS) is 14.4. The summed E-state index contributed by atoms with van der Waals surface area (Å²) in [5, 5.41) is 7.57. The molecule has 166 valence electrons. The predicted molar refractivity (Wildman–Crippen MR) is 125 cm³/mol. The topological polar surface area (TPSA) is 70.5 Å². The number of nitrogens with zero attached hydrogens (tertiary/aromatic N) is 4. The molecule has 3 aromatic rings. The van der Waals surface area contributed by atoms with Crippen LogP contribution in [0.1, 0.15) is 27.3 Å². The fourth-order valence-corrected chi connectivity index (χ4v) is 4.07. The predicted octanol–water partition coefficient (Wildman–Crippen LogP) is 3.19. The highest BCUT2D eigenvalue weighted by molar-refractivity contribution is 5.94. The molecule has 4 rings (SSSR count). The first-order valence-electron chi connectivity index (χ1n) is 10.9. The van der Waals surface area contributed by atoms with Crippen LogP contribution in [-0.2, 0) is 4.79 Å². The van der Waals surface area contributed by atoms with Gasteiger partial charge in [0.05, 0.1) is 12.2 Å². The molecule has 0 atom stereocenters. The van der Waals surface area contributed by atoms with Crippen molar-refractivity contribution in [1.82, 2.24) is 19.6 Å². The van der Waals surface area contributed by atoms with Crippen LogP contribution in [0, 0.1) is 20.8 Å². The molecule has 0 unspecified atom stereocenters. The highest BCUT2D eigenvalue weighted by Crippen LogP contribution is 2.19. The molecule has 1 aliphatic rings. The van der Waals surface area contributed by atoms with E-state index in [1.54, 1.807) is 4.68 Å². The van der Waals surface area contributed by atoms with Crippen LogP contribution >= 0.6 is 0 Å². The van der Waals surface area contributed by atoms with Crippen LogP contribution in [0.25, 0.3) is 5.69 Å². The van der Waals surface area contributed by atoms with Crippen molar-refractivity contribution in [3.63, 3.8) is 0 Å². The van der Waals surface area contributed by atoms with Gasteiger partial charge in [0.1, 0.15) is 0 Å². The zero-order chi connectivity index (χ0) is 22.7. The van der Waals surface area contributed by atoms with Gasteiger partial charge in [-0.15, -0.1) is 0 Å². The van der Waals surface area contributed by atoms with E-state index in [4.69, 9.17) is 0 Å². The number of carbonyl (C=O) groups is 2. The minimum absolute atomic E-state index is 0.0283. The summed E-state index contributed by atoms with van der Waals surface area (Å²) >= 11 is 0. The maximum absolute atomic E-state index is 13.0. The number of hydrogen-bond acceptors (Lipinski definition) is 4. The van der Waals surface area contributed by atoms with E-state index in [0.29, 0.717) is 38.4 Å². The number of aromatic nitrogens is 2. The molecule has 1 aliphatic heterocycles. The van der Waals surface area contributed by atoms with E-state index in [1.807, 2.05) is 80.3 Å². The lowest BCUT2D eigenvalue weighted by Crippen LogP contribution is -2.50. The summed E-state index contributed by atoms with van der Waals surface area (Å²) in [6.07, 6.45) is 0. The maximum Gasteiger partial charge on any atom is 0.274 e. The Kier molecular flexibility index (Phi) is 6.37. The minimum atomic E-state index is -0.0672. The summed E-state index contributed by atoms with van der Waals surface area (Å²) in [5.41, 5.74) is 5.30. The molecule has 1 aromatic heterocycles. The zero-order valence-corrected chi connectivity index (χ0v) is 18.8. The highest BCUT2D eigenvalue weighted by Gasteiger charge is 2.25. The van der Waals surface area contributed by atoms with Crippen molar-refractivity contribution in [3.05, 3.63) is 77.1 Å². The summed E-state index contributed by atoms with van der Waals surface area (Å²) in [7, 11) is 0. The molecule has 1 saturated heterocycles. The number of amides is 2. The van der Waals surface area contributed by atoms with Crippen molar-refractivity contribution in [2.75, 3.05) is 38.0 Å². The van der Waals surface area contributed by atoms with Gasteiger partial charge in [0, 0.05) is 37.6 Å². The fraction of sp³-hybridized carbons (Fsp3) is 0.320. The van der Waals surface area contributed by atoms with Crippen molar-refractivity contribution in [3.8, 4) is 5.69 Å². The Bertz CT molecular complexity index is 1090. The second-order valence-corrected chi connectivity index (χ2v) is 8.30. The molecule has 0 spiro atoms. The van der Waals surface area contributed by atoms with Crippen LogP contribution in [0.4, 0.5) is 5.69 Å². The molecule has 32 heavy (non-hydrogen) atoms. The van der Waals surface area contributed by atoms with E-state index in [1.165, 1.54) is 0 Å². The van der Waals surface area contributed by atoms with Gasteiger partial charge in [-0.25, -0.2) is 4.68 Å². The lowest BCUT2D eigenvalue weighted by atomic mass is 10.1. The molecule has 0 radical (unpaired) electrons. The molecule has 0 saturated carbocycles. The molecule has 1 fully saturated rings. The van der Waals surface area contributed by atoms with Crippen molar-refractivity contribution in [2.45, 2.75) is 20.8 Å². The van der Waals surface area contributed by atoms with Gasteiger partial charge in [0.2, 0.25) is 5.91 Å². The van der Waals surface area contributed by atoms with Crippen LogP contribution in [0.3, 0.4) is 0 Å². The SMILES string of the molecule is Cc1cccc(C)c1NC(=O)CN1CCN(C(=O)c2cc(C)n(-c3ccccc3)n2)CC1. The van der Waals surface area contributed by atoms with E-state index >= 15 is 0 Å². The number of piperazine rings is 1. The number of hydrogen-bond donors (Lipinski definition) is 1. The van der Waals surface area contributed by atoms with E-state index in [2.05, 4.69) is 15.3 Å². The Labute approximate surface area is 188 Å². The van der Waals surface area contributed by atoms with Gasteiger partial charge in [-0.3, -0.25) is 14.5 Å². The van der Waals surface area contributed by atoms with Crippen LogP contribution in [-0.4, -0.2) is 64.1 Å². The molecular weight excluding hydrogens is 402 g/mol. The molecule has 7 heteroatoms. The van der Waals surface area contributed by atoms with Crippen LogP contribution in [0.2, 0.25) is 0 Å². The van der Waals surface area contributed by atoms with Gasteiger partial charge in [-0.05, 0) is 50.1 Å². The number of carbonyl (C=O) groups excluding carboxylic acids is 2. The first-order chi connectivity index (χ1) is 15.4. The summed E-state index contributed by atoms with van der Waals surface area (Å²) in [6.45, 7) is 8.72. The smallest absolute Gasteiger partial charge is 0.274 e. The fourth-order valence-electron chi connectivity index (χ4n) is 4.07. The Morgan fingerprint density at radius 2 is 1.56 bits per heavy atom. The number of nitrogens with one attached hydrogen (secondary N) is 1. The Morgan fingerprint density at radius 1 is 0.906 bits per heavy atom. The highest BCUT2D eigenvalue weighted by atomic mass is 16.2. The molecule has 0 bridgehead atoms. The van der Waals surface area contributed by atoms with Gasteiger partial charge < -0.3 is 10.2 Å². The van der Waals surface area contributed by atoms with Crippen molar-refractivity contribution in [2.24, 2.45) is 0 Å². The largest absolute Gasteiger partial charge is 0.335 e. The molecule has 7 nitrogen and oxygen atoms in total. The Hall–Kier alpha value is -3.45. The first-order valence-corrected chi connectivity index (χ1v) is 10.9. The average molecular weight is 432 g/mol. The number of benzene rings is 2. The Morgan fingerprint density at radius 3 is 2.22 bits per heavy atom. The summed E-state index contributed by atoms with van der Waals surface area (Å²) in [5.74, 6) is -0.0955. The maximum atomic E-state index is 13.0. The van der Waals surface area contributed by atoms with E-state index in [0.717, 1.165) is 28.2 Å². The van der Waals surface area contributed by atoms with Crippen molar-refractivity contribution < 1.29 is 9.59 Å². The number of rotatable bonds is 5. The second kappa shape index (κ2) is 9.36. The van der Waals surface area contributed by atoms with E-state index in [9.17, 15) is 9.59 Å². The number of aryl methyl sites for hydroxylation is 3. The van der Waals surface area contributed by atoms with E-state index < -0.39 is 0 Å². The quantitative estimate of drug-likeness (QED) is 0.674. The second-order valence-electron chi connectivity index (χ2n) is 8.30. The Balaban J connectivity index is 1.33. The average Bonchev–Trinajstić information content (AvgIpc) is 3.18. The molecular formula is C25H29N5O2. The zero-order valence-electron chi connectivity index (χ0n) is 18.8. The molecule has 2 amide bonds. The van der Waals surface area contributed by atoms with Gasteiger partial charge >= 0.3 is 0 Å². The summed E-state index contributed by atoms with van der Waals surface area (Å²) in [4.78, 5) is 29.4. The third-order valence-corrected chi connectivity index (χ3v) is 5.88. The lowest BCUT2D eigenvalue weighted by molar-refractivity contribution is -0.117. The number of anilines is 1. The lowest BCUT2D eigenvalue weighted by Gasteiger charge is -2.34.